The topological polar surface area (TPSA) is 64.0 Å². The number of unbranched alkanes of at least 4 members (excludes halogenated alkanes) is 2. The quantitative estimate of drug-likeness (QED) is 0.274. The molecule has 1 amide bonds. The molecule has 0 aliphatic heterocycles. The number of aromatic nitrogens is 2. The molecule has 0 saturated carbocycles. The molecule has 1 N–H and O–H groups in total. The lowest BCUT2D eigenvalue weighted by atomic mass is 10.1. The Morgan fingerprint density at radius 3 is 2.81 bits per heavy atom. The molecule has 0 spiro atoms. The molecule has 0 aliphatic carbocycles. The summed E-state index contributed by atoms with van der Waals surface area (Å²) < 4.78 is 1.61. The molecule has 0 fully saturated rings. The van der Waals surface area contributed by atoms with Crippen molar-refractivity contribution in [3.05, 3.63) is 33.4 Å². The van der Waals surface area contributed by atoms with Crippen LogP contribution in [0.2, 0.25) is 0 Å². The predicted octanol–water partition coefficient (Wildman–Crippen LogP) is 4.44. The van der Waals surface area contributed by atoms with E-state index in [2.05, 4.69) is 23.8 Å². The van der Waals surface area contributed by atoms with Crippen LogP contribution in [0.3, 0.4) is 0 Å². The standard InChI is InChI=1S/C20H29N3O2S2/c1-6-8-9-10-13(3)21-16(24)12-26-20-22-18-17(14(4)15(5)27-18)19(25)23(20)11-7-2/h7,13H,2,6,8-12H2,1,3-5H3,(H,21,24)/t13-/m0/s1. The van der Waals surface area contributed by atoms with Crippen molar-refractivity contribution in [3.8, 4) is 0 Å². The minimum Gasteiger partial charge on any atom is -0.353 e. The Morgan fingerprint density at radius 1 is 1.41 bits per heavy atom. The second-order valence-corrected chi connectivity index (χ2v) is 8.96. The lowest BCUT2D eigenvalue weighted by Gasteiger charge is -2.14. The summed E-state index contributed by atoms with van der Waals surface area (Å²) in [7, 11) is 0. The van der Waals surface area contributed by atoms with E-state index in [-0.39, 0.29) is 23.3 Å². The normalized spacial score (nSPS) is 12.3. The fourth-order valence-corrected chi connectivity index (χ4v) is 4.82. The third-order valence-electron chi connectivity index (χ3n) is 4.55. The molecule has 0 saturated heterocycles. The minimum atomic E-state index is -0.0578. The van der Waals surface area contributed by atoms with E-state index in [4.69, 9.17) is 0 Å². The lowest BCUT2D eigenvalue weighted by Crippen LogP contribution is -2.34. The fraction of sp³-hybridized carbons (Fsp3) is 0.550. The predicted molar refractivity (Wildman–Crippen MR) is 116 cm³/mol. The second kappa shape index (κ2) is 10.1. The van der Waals surface area contributed by atoms with Crippen molar-refractivity contribution in [2.24, 2.45) is 0 Å². The van der Waals surface area contributed by atoms with Crippen LogP contribution in [0.15, 0.2) is 22.6 Å². The largest absolute Gasteiger partial charge is 0.353 e. The minimum absolute atomic E-state index is 0.0259. The summed E-state index contributed by atoms with van der Waals surface area (Å²) >= 11 is 2.83. The molecule has 0 aromatic carbocycles. The number of allylic oxidation sites excluding steroid dienone is 1. The van der Waals surface area contributed by atoms with E-state index in [0.29, 0.717) is 17.1 Å². The van der Waals surface area contributed by atoms with E-state index < -0.39 is 0 Å². The summed E-state index contributed by atoms with van der Waals surface area (Å²) in [6.07, 6.45) is 6.16. The molecule has 7 heteroatoms. The molecule has 2 aromatic heterocycles. The first-order valence-electron chi connectivity index (χ1n) is 9.42. The first kappa shape index (κ1) is 21.7. The average Bonchev–Trinajstić information content (AvgIpc) is 2.90. The molecule has 0 radical (unpaired) electrons. The van der Waals surface area contributed by atoms with Crippen LogP contribution in [-0.4, -0.2) is 27.3 Å². The first-order valence-corrected chi connectivity index (χ1v) is 11.2. The van der Waals surface area contributed by atoms with Crippen molar-refractivity contribution in [2.45, 2.75) is 71.1 Å². The van der Waals surface area contributed by atoms with Crippen molar-refractivity contribution in [1.29, 1.82) is 0 Å². The summed E-state index contributed by atoms with van der Waals surface area (Å²) in [5.74, 6) is 0.221. The SMILES string of the molecule is C=CCn1c(SCC(=O)N[C@@H](C)CCCCC)nc2sc(C)c(C)c2c1=O. The molecule has 2 rings (SSSR count). The van der Waals surface area contributed by atoms with Crippen molar-refractivity contribution in [1.82, 2.24) is 14.9 Å². The zero-order chi connectivity index (χ0) is 20.0. The number of amides is 1. The third-order valence-corrected chi connectivity index (χ3v) is 6.62. The summed E-state index contributed by atoms with van der Waals surface area (Å²) in [4.78, 5) is 31.7. The van der Waals surface area contributed by atoms with Crippen LogP contribution in [0, 0.1) is 13.8 Å². The van der Waals surface area contributed by atoms with E-state index in [1.165, 1.54) is 35.9 Å². The average molecular weight is 408 g/mol. The van der Waals surface area contributed by atoms with Gasteiger partial charge in [0.05, 0.1) is 11.1 Å². The Hall–Kier alpha value is -1.60. The number of nitrogens with zero attached hydrogens (tertiary/aromatic N) is 2. The molecule has 0 aliphatic rings. The molecule has 0 unspecified atom stereocenters. The van der Waals surface area contributed by atoms with Gasteiger partial charge in [-0.05, 0) is 32.8 Å². The number of hydrogen-bond acceptors (Lipinski definition) is 5. The van der Waals surface area contributed by atoms with E-state index in [0.717, 1.165) is 28.1 Å². The van der Waals surface area contributed by atoms with E-state index >= 15 is 0 Å². The number of fused-ring (bicyclic) bond motifs is 1. The smallest absolute Gasteiger partial charge is 0.263 e. The highest BCUT2D eigenvalue weighted by Gasteiger charge is 2.17. The highest BCUT2D eigenvalue weighted by atomic mass is 32.2. The van der Waals surface area contributed by atoms with Gasteiger partial charge in [0.25, 0.3) is 5.56 Å². The number of hydrogen-bond donors (Lipinski definition) is 1. The van der Waals surface area contributed by atoms with Crippen LogP contribution in [0.5, 0.6) is 0 Å². The molecule has 5 nitrogen and oxygen atoms in total. The van der Waals surface area contributed by atoms with Crippen LogP contribution in [0.4, 0.5) is 0 Å². The molecular formula is C20H29N3O2S2. The number of carbonyl (C=O) groups is 1. The van der Waals surface area contributed by atoms with Gasteiger partial charge in [0.15, 0.2) is 5.16 Å². The Morgan fingerprint density at radius 2 is 2.15 bits per heavy atom. The van der Waals surface area contributed by atoms with Gasteiger partial charge in [-0.1, -0.05) is 44.0 Å². The number of aryl methyl sites for hydroxylation is 2. The molecular weight excluding hydrogens is 378 g/mol. The third kappa shape index (κ3) is 5.45. The van der Waals surface area contributed by atoms with Crippen LogP contribution in [-0.2, 0) is 11.3 Å². The summed E-state index contributed by atoms with van der Waals surface area (Å²) in [6, 6.07) is 0.165. The molecule has 2 aromatic rings. The zero-order valence-electron chi connectivity index (χ0n) is 16.6. The summed E-state index contributed by atoms with van der Waals surface area (Å²) in [5.41, 5.74) is 0.929. The first-order chi connectivity index (χ1) is 12.9. The monoisotopic (exact) mass is 407 g/mol. The van der Waals surface area contributed by atoms with Gasteiger partial charge in [-0.15, -0.1) is 17.9 Å². The number of carbonyl (C=O) groups excluding carboxylic acids is 1. The highest BCUT2D eigenvalue weighted by Crippen LogP contribution is 2.28. The molecule has 27 heavy (non-hydrogen) atoms. The van der Waals surface area contributed by atoms with Gasteiger partial charge in [0.1, 0.15) is 4.83 Å². The summed E-state index contributed by atoms with van der Waals surface area (Å²) in [6.45, 7) is 12.3. The van der Waals surface area contributed by atoms with Crippen LogP contribution in [0.1, 0.15) is 50.0 Å². The van der Waals surface area contributed by atoms with Gasteiger partial charge >= 0.3 is 0 Å². The molecule has 1 atom stereocenters. The second-order valence-electron chi connectivity index (χ2n) is 6.82. The van der Waals surface area contributed by atoms with E-state index in [1.54, 1.807) is 10.6 Å². The Bertz CT molecular complexity index is 870. The fourth-order valence-electron chi connectivity index (χ4n) is 2.93. The van der Waals surface area contributed by atoms with Crippen molar-refractivity contribution in [3.63, 3.8) is 0 Å². The zero-order valence-corrected chi connectivity index (χ0v) is 18.3. The van der Waals surface area contributed by atoms with Gasteiger partial charge in [0, 0.05) is 17.5 Å². The van der Waals surface area contributed by atoms with Gasteiger partial charge in [0.2, 0.25) is 5.91 Å². The Kier molecular flexibility index (Phi) is 8.10. The molecule has 148 valence electrons. The summed E-state index contributed by atoms with van der Waals surface area (Å²) in [5, 5.41) is 4.28. The maximum Gasteiger partial charge on any atom is 0.263 e. The van der Waals surface area contributed by atoms with Gasteiger partial charge in [-0.25, -0.2) is 4.98 Å². The van der Waals surface area contributed by atoms with E-state index in [1.807, 2.05) is 20.8 Å². The van der Waals surface area contributed by atoms with Crippen LogP contribution in [0.25, 0.3) is 10.2 Å². The Balaban J connectivity index is 2.13. The van der Waals surface area contributed by atoms with Crippen LogP contribution < -0.4 is 10.9 Å². The van der Waals surface area contributed by atoms with Crippen molar-refractivity contribution < 1.29 is 4.79 Å². The number of rotatable bonds is 10. The maximum atomic E-state index is 12.9. The van der Waals surface area contributed by atoms with Gasteiger partial charge < -0.3 is 5.32 Å². The van der Waals surface area contributed by atoms with Crippen molar-refractivity contribution >= 4 is 39.2 Å². The maximum absolute atomic E-state index is 12.9. The number of thioether (sulfide) groups is 1. The van der Waals surface area contributed by atoms with Crippen LogP contribution >= 0.6 is 23.1 Å². The molecule has 2 heterocycles. The van der Waals surface area contributed by atoms with E-state index in [9.17, 15) is 9.59 Å². The van der Waals surface area contributed by atoms with Gasteiger partial charge in [-0.3, -0.25) is 14.2 Å². The number of nitrogens with one attached hydrogen (secondary N) is 1. The van der Waals surface area contributed by atoms with Gasteiger partial charge in [-0.2, -0.15) is 0 Å². The van der Waals surface area contributed by atoms with Crippen molar-refractivity contribution in [2.75, 3.05) is 5.75 Å². The molecule has 0 bridgehead atoms. The Labute approximate surface area is 169 Å². The highest BCUT2D eigenvalue weighted by molar-refractivity contribution is 7.99. The lowest BCUT2D eigenvalue weighted by molar-refractivity contribution is -0.119. The number of thiophene rings is 1.